The molecule has 0 radical (unpaired) electrons. The van der Waals surface area contributed by atoms with Gasteiger partial charge >= 0.3 is 0 Å². The van der Waals surface area contributed by atoms with E-state index >= 15 is 0 Å². The summed E-state index contributed by atoms with van der Waals surface area (Å²) >= 11 is 0. The van der Waals surface area contributed by atoms with Gasteiger partial charge in [-0.05, 0) is 116 Å². The van der Waals surface area contributed by atoms with Gasteiger partial charge in [-0.2, -0.15) is 0 Å². The first-order valence-corrected chi connectivity index (χ1v) is 22.1. The van der Waals surface area contributed by atoms with E-state index < -0.39 is 5.41 Å². The molecule has 1 aromatic heterocycles. The third-order valence-electron chi connectivity index (χ3n) is 14.0. The molecule has 1 aliphatic carbocycles. The first-order valence-electron chi connectivity index (χ1n) is 22.1. The van der Waals surface area contributed by atoms with E-state index in [1.165, 1.54) is 76.4 Å². The Hall–Kier alpha value is -8.40. The maximum Gasteiger partial charge on any atom is 0.132 e. The lowest BCUT2D eigenvalue weighted by atomic mass is 9.58. The van der Waals surface area contributed by atoms with Gasteiger partial charge in [0.1, 0.15) is 11.5 Å². The topological polar surface area (TPSA) is 17.4 Å². The molecular weight excluding hydrogens is 777 g/mol. The van der Waals surface area contributed by atoms with E-state index in [1.807, 2.05) is 0 Å². The number of hydrogen-bond donors (Lipinski definition) is 0. The number of aromatic nitrogens is 1. The summed E-state index contributed by atoms with van der Waals surface area (Å²) in [6.45, 7) is 0. The highest BCUT2D eigenvalue weighted by Crippen LogP contribution is 2.62. The molecule has 0 saturated heterocycles. The summed E-state index contributed by atoms with van der Waals surface area (Å²) in [5.41, 5.74) is 13.5. The Labute approximate surface area is 370 Å². The van der Waals surface area contributed by atoms with Crippen molar-refractivity contribution < 1.29 is 4.74 Å². The Balaban J connectivity index is 1.06. The van der Waals surface area contributed by atoms with Crippen LogP contribution in [0, 0.1) is 0 Å². The van der Waals surface area contributed by atoms with Crippen LogP contribution in [0.25, 0.3) is 70.9 Å². The highest BCUT2D eigenvalue weighted by atomic mass is 16.5. The van der Waals surface area contributed by atoms with Gasteiger partial charge in [-0.1, -0.05) is 164 Å². The van der Waals surface area contributed by atoms with Crippen LogP contribution in [-0.2, 0) is 5.41 Å². The Morgan fingerprint density at radius 3 is 1.73 bits per heavy atom. The molecule has 1 aliphatic heterocycles. The normalized spacial score (nSPS) is 13.2. The maximum atomic E-state index is 6.72. The zero-order valence-corrected chi connectivity index (χ0v) is 34.7. The second-order valence-electron chi connectivity index (χ2n) is 17.2. The van der Waals surface area contributed by atoms with Crippen molar-refractivity contribution >= 4 is 71.2 Å². The molecule has 12 aromatic rings. The predicted octanol–water partition coefficient (Wildman–Crippen LogP) is 16.2. The number of benzene rings is 11. The number of hydrogen-bond acceptors (Lipinski definition) is 2. The molecular formula is C61H38N2O. The second kappa shape index (κ2) is 13.3. The summed E-state index contributed by atoms with van der Waals surface area (Å²) < 4.78 is 9.14. The van der Waals surface area contributed by atoms with E-state index in [4.69, 9.17) is 4.74 Å². The summed E-state index contributed by atoms with van der Waals surface area (Å²) in [6.07, 6.45) is 0. The number of ether oxygens (including phenoxy) is 1. The molecule has 3 heteroatoms. The van der Waals surface area contributed by atoms with Crippen LogP contribution in [-0.4, -0.2) is 4.57 Å². The number of para-hydroxylation sites is 3. The fraction of sp³-hybridized carbons (Fsp3) is 0.0164. The van der Waals surface area contributed by atoms with Crippen molar-refractivity contribution in [2.45, 2.75) is 5.41 Å². The van der Waals surface area contributed by atoms with Crippen LogP contribution in [0.3, 0.4) is 0 Å². The molecule has 0 atom stereocenters. The van der Waals surface area contributed by atoms with Gasteiger partial charge in [-0.25, -0.2) is 0 Å². The standard InChI is InChI=1S/C61H38N2O/c1-3-16-41-36-43(30-28-39(41)14-1)62(45-32-34-57-50(38-45)47-19-6-10-25-55(47)63(57)44-31-29-40-15-2-4-17-42(40)37-44)56-35-33-48-46-18-5-7-21-51(46)61(54-24-13-20-49(56)60(48)54)52-22-8-11-26-58(52)64-59-27-12-9-23-53(59)61/h1-38H. The van der Waals surface area contributed by atoms with Crippen LogP contribution >= 0.6 is 0 Å². The number of fused-ring (bicyclic) bond motifs is 13. The van der Waals surface area contributed by atoms with Crippen LogP contribution in [0.15, 0.2) is 231 Å². The van der Waals surface area contributed by atoms with Crippen molar-refractivity contribution in [2.75, 3.05) is 4.90 Å². The van der Waals surface area contributed by atoms with Crippen LogP contribution in [0.5, 0.6) is 11.5 Å². The minimum atomic E-state index is -0.607. The second-order valence-corrected chi connectivity index (χ2v) is 17.2. The van der Waals surface area contributed by atoms with Gasteiger partial charge < -0.3 is 14.2 Å². The Kier molecular flexibility index (Phi) is 7.32. The van der Waals surface area contributed by atoms with E-state index in [2.05, 4.69) is 240 Å². The lowest BCUT2D eigenvalue weighted by Gasteiger charge is -2.45. The van der Waals surface area contributed by atoms with Gasteiger partial charge in [-0.3, -0.25) is 0 Å². The molecule has 1 spiro atoms. The molecule has 298 valence electrons. The quantitative estimate of drug-likeness (QED) is 0.176. The molecule has 0 fully saturated rings. The lowest BCUT2D eigenvalue weighted by Crippen LogP contribution is -2.36. The van der Waals surface area contributed by atoms with E-state index in [-0.39, 0.29) is 0 Å². The predicted molar refractivity (Wildman–Crippen MR) is 265 cm³/mol. The lowest BCUT2D eigenvalue weighted by molar-refractivity contribution is 0.435. The van der Waals surface area contributed by atoms with E-state index in [9.17, 15) is 0 Å². The van der Waals surface area contributed by atoms with Crippen molar-refractivity contribution in [1.82, 2.24) is 4.57 Å². The third-order valence-corrected chi connectivity index (χ3v) is 14.0. The molecule has 0 unspecified atom stereocenters. The summed E-state index contributed by atoms with van der Waals surface area (Å²) in [7, 11) is 0. The van der Waals surface area contributed by atoms with E-state index in [0.717, 1.165) is 45.4 Å². The van der Waals surface area contributed by atoms with Gasteiger partial charge in [0.2, 0.25) is 0 Å². The summed E-state index contributed by atoms with van der Waals surface area (Å²) in [5.74, 6) is 1.78. The molecule has 0 saturated carbocycles. The van der Waals surface area contributed by atoms with Crippen LogP contribution < -0.4 is 9.64 Å². The number of rotatable bonds is 4. The minimum Gasteiger partial charge on any atom is -0.457 e. The average molecular weight is 815 g/mol. The Morgan fingerprint density at radius 1 is 0.359 bits per heavy atom. The van der Waals surface area contributed by atoms with Crippen LogP contribution in [0.4, 0.5) is 17.1 Å². The van der Waals surface area contributed by atoms with Crippen molar-refractivity contribution in [3.8, 4) is 28.3 Å². The number of anilines is 3. The molecule has 0 N–H and O–H groups in total. The van der Waals surface area contributed by atoms with Gasteiger partial charge in [0.05, 0.1) is 22.1 Å². The summed E-state index contributed by atoms with van der Waals surface area (Å²) in [6, 6.07) is 84.7. The van der Waals surface area contributed by atoms with Gasteiger partial charge in [-0.15, -0.1) is 0 Å². The molecule has 0 bridgehead atoms. The molecule has 11 aromatic carbocycles. The highest BCUT2D eigenvalue weighted by molar-refractivity contribution is 6.14. The monoisotopic (exact) mass is 814 g/mol. The minimum absolute atomic E-state index is 0.607. The molecule has 64 heavy (non-hydrogen) atoms. The van der Waals surface area contributed by atoms with Gasteiger partial charge in [0.15, 0.2) is 0 Å². The molecule has 0 amide bonds. The molecule has 14 rings (SSSR count). The Morgan fingerprint density at radius 2 is 0.938 bits per heavy atom. The zero-order valence-electron chi connectivity index (χ0n) is 34.7. The first-order chi connectivity index (χ1) is 31.7. The van der Waals surface area contributed by atoms with Crippen molar-refractivity contribution in [2.24, 2.45) is 0 Å². The average Bonchev–Trinajstić information content (AvgIpc) is 3.69. The zero-order chi connectivity index (χ0) is 41.9. The summed E-state index contributed by atoms with van der Waals surface area (Å²) in [4.78, 5) is 2.48. The van der Waals surface area contributed by atoms with E-state index in [1.54, 1.807) is 0 Å². The fourth-order valence-electron chi connectivity index (χ4n) is 11.3. The first kappa shape index (κ1) is 35.2. The fourth-order valence-corrected chi connectivity index (χ4v) is 11.3. The molecule has 2 aliphatic rings. The van der Waals surface area contributed by atoms with Crippen LogP contribution in [0.2, 0.25) is 0 Å². The summed E-state index contributed by atoms with van der Waals surface area (Å²) in [5, 5.41) is 9.75. The Bertz CT molecular complexity index is 3870. The number of nitrogens with zero attached hydrogens (tertiary/aromatic N) is 2. The largest absolute Gasteiger partial charge is 0.457 e. The van der Waals surface area contributed by atoms with Crippen LogP contribution in [0.1, 0.15) is 22.3 Å². The van der Waals surface area contributed by atoms with Crippen molar-refractivity contribution in [3.63, 3.8) is 0 Å². The van der Waals surface area contributed by atoms with Crippen molar-refractivity contribution in [1.29, 1.82) is 0 Å². The molecule has 2 heterocycles. The van der Waals surface area contributed by atoms with E-state index in [0.29, 0.717) is 0 Å². The smallest absolute Gasteiger partial charge is 0.132 e. The third kappa shape index (κ3) is 4.81. The van der Waals surface area contributed by atoms with Gasteiger partial charge in [0.25, 0.3) is 0 Å². The van der Waals surface area contributed by atoms with Gasteiger partial charge in [0, 0.05) is 44.3 Å². The molecule has 3 nitrogen and oxygen atoms in total. The SMILES string of the molecule is c1ccc2c(c1)Oc1ccccc1C21c2ccccc2-c2ccc(N(c3ccc4ccccc4c3)c3ccc4c(c3)c3ccccc3n4-c3ccc4ccccc4c3)c3cccc1c23. The van der Waals surface area contributed by atoms with Crippen molar-refractivity contribution in [3.05, 3.63) is 253 Å². The maximum absolute atomic E-state index is 6.72. The highest BCUT2D eigenvalue weighted by Gasteiger charge is 2.49.